The van der Waals surface area contributed by atoms with E-state index in [-0.39, 0.29) is 10.9 Å². The van der Waals surface area contributed by atoms with Gasteiger partial charge in [0.25, 0.3) is 0 Å². The predicted molar refractivity (Wildman–Crippen MR) is 83.7 cm³/mol. The zero-order valence-electron chi connectivity index (χ0n) is 10.9. The molecule has 1 saturated heterocycles. The third-order valence-electron chi connectivity index (χ3n) is 3.49. The summed E-state index contributed by atoms with van der Waals surface area (Å²) in [6, 6.07) is 12.7. The second-order valence-corrected chi connectivity index (χ2v) is 8.50. The van der Waals surface area contributed by atoms with Crippen molar-refractivity contribution in [1.82, 2.24) is 0 Å². The predicted octanol–water partition coefficient (Wildman–Crippen LogP) is 2.59. The first-order valence-electron chi connectivity index (χ1n) is 6.38. The highest BCUT2D eigenvalue weighted by Crippen LogP contribution is 2.32. The molecule has 1 heterocycles. The van der Waals surface area contributed by atoms with Crippen molar-refractivity contribution in [3.63, 3.8) is 0 Å². The SMILES string of the molecule is COc1ccc([S+]2CCS(=O)CC2)c2ccccc12. The average molecular weight is 293 g/mol. The van der Waals surface area contributed by atoms with Crippen LogP contribution in [0.25, 0.3) is 10.8 Å². The summed E-state index contributed by atoms with van der Waals surface area (Å²) in [5, 5.41) is 2.47. The van der Waals surface area contributed by atoms with Crippen LogP contribution in [0.15, 0.2) is 41.3 Å². The quantitative estimate of drug-likeness (QED) is 0.796. The maximum atomic E-state index is 11.5. The highest BCUT2D eigenvalue weighted by molar-refractivity contribution is 8.00. The van der Waals surface area contributed by atoms with Crippen molar-refractivity contribution < 1.29 is 8.95 Å². The second-order valence-electron chi connectivity index (χ2n) is 4.56. The van der Waals surface area contributed by atoms with Crippen LogP contribution in [-0.4, -0.2) is 34.3 Å². The lowest BCUT2D eigenvalue weighted by Crippen LogP contribution is -2.28. The molecular weight excluding hydrogens is 276 g/mol. The van der Waals surface area contributed by atoms with E-state index < -0.39 is 10.8 Å². The summed E-state index contributed by atoms with van der Waals surface area (Å²) < 4.78 is 16.9. The molecule has 0 bridgehead atoms. The van der Waals surface area contributed by atoms with Gasteiger partial charge in [-0.15, -0.1) is 0 Å². The van der Waals surface area contributed by atoms with Crippen LogP contribution < -0.4 is 4.74 Å². The van der Waals surface area contributed by atoms with E-state index in [1.807, 2.05) is 6.07 Å². The van der Waals surface area contributed by atoms with Crippen LogP contribution in [0.3, 0.4) is 0 Å². The Morgan fingerprint density at radius 1 is 1.05 bits per heavy atom. The standard InChI is InChI=1S/C15H17O2S2/c1-17-14-6-7-15(13-5-3-2-4-12(13)14)18-8-10-19(16)11-9-18/h2-7H,8-11H2,1H3/q+1. The van der Waals surface area contributed by atoms with E-state index in [4.69, 9.17) is 4.74 Å². The van der Waals surface area contributed by atoms with E-state index in [1.165, 1.54) is 15.7 Å². The Balaban J connectivity index is 2.07. The maximum Gasteiger partial charge on any atom is 0.163 e. The molecule has 0 aliphatic carbocycles. The van der Waals surface area contributed by atoms with Gasteiger partial charge in [0.1, 0.15) is 17.3 Å². The van der Waals surface area contributed by atoms with Crippen LogP contribution >= 0.6 is 0 Å². The van der Waals surface area contributed by atoms with Gasteiger partial charge < -0.3 is 4.74 Å². The van der Waals surface area contributed by atoms with Crippen LogP contribution in [0.4, 0.5) is 0 Å². The minimum absolute atomic E-state index is 0.238. The van der Waals surface area contributed by atoms with E-state index in [1.54, 1.807) is 7.11 Å². The maximum absolute atomic E-state index is 11.5. The van der Waals surface area contributed by atoms with Crippen LogP contribution in [0, 0.1) is 0 Å². The summed E-state index contributed by atoms with van der Waals surface area (Å²) in [4.78, 5) is 1.41. The Bertz CT molecular complexity index is 615. The average Bonchev–Trinajstić information content (AvgIpc) is 2.47. The van der Waals surface area contributed by atoms with Gasteiger partial charge in [-0.2, -0.15) is 0 Å². The van der Waals surface area contributed by atoms with E-state index in [9.17, 15) is 4.21 Å². The largest absolute Gasteiger partial charge is 0.496 e. The molecule has 1 fully saturated rings. The highest BCUT2D eigenvalue weighted by Gasteiger charge is 2.30. The van der Waals surface area contributed by atoms with Crippen molar-refractivity contribution in [2.24, 2.45) is 0 Å². The first kappa shape index (κ1) is 13.0. The van der Waals surface area contributed by atoms with Crippen molar-refractivity contribution in [3.8, 4) is 5.75 Å². The zero-order valence-corrected chi connectivity index (χ0v) is 12.6. The molecule has 0 unspecified atom stereocenters. The molecule has 1 aliphatic rings. The Morgan fingerprint density at radius 2 is 1.74 bits per heavy atom. The molecule has 1 aliphatic heterocycles. The summed E-state index contributed by atoms with van der Waals surface area (Å²) in [6.45, 7) is 0. The Hall–Kier alpha value is -1.00. The molecule has 0 amide bonds. The molecule has 0 aromatic heterocycles. The summed E-state index contributed by atoms with van der Waals surface area (Å²) in [5.74, 6) is 4.75. The van der Waals surface area contributed by atoms with Gasteiger partial charge in [0.15, 0.2) is 4.90 Å². The van der Waals surface area contributed by atoms with E-state index in [2.05, 4.69) is 30.3 Å². The van der Waals surface area contributed by atoms with Gasteiger partial charge >= 0.3 is 0 Å². The fourth-order valence-corrected chi connectivity index (χ4v) is 7.18. The molecule has 0 atom stereocenters. The summed E-state index contributed by atoms with van der Waals surface area (Å²) in [5.41, 5.74) is 0. The zero-order chi connectivity index (χ0) is 13.2. The molecule has 100 valence electrons. The monoisotopic (exact) mass is 293 g/mol. The Kier molecular flexibility index (Phi) is 3.80. The van der Waals surface area contributed by atoms with Crippen molar-refractivity contribution >= 4 is 32.5 Å². The number of rotatable bonds is 2. The number of methoxy groups -OCH3 is 1. The molecule has 0 radical (unpaired) electrons. The summed E-state index contributed by atoms with van der Waals surface area (Å²) in [6.07, 6.45) is 0. The third-order valence-corrected chi connectivity index (χ3v) is 7.70. The van der Waals surface area contributed by atoms with Gasteiger partial charge in [0, 0.05) is 32.5 Å². The van der Waals surface area contributed by atoms with Crippen LogP contribution in [-0.2, 0) is 21.7 Å². The summed E-state index contributed by atoms with van der Waals surface area (Å²) >= 11 is 0. The second kappa shape index (κ2) is 5.55. The van der Waals surface area contributed by atoms with Crippen LogP contribution in [0.2, 0.25) is 0 Å². The van der Waals surface area contributed by atoms with Gasteiger partial charge in [-0.25, -0.2) is 0 Å². The minimum Gasteiger partial charge on any atom is -0.496 e. The first-order valence-corrected chi connectivity index (χ1v) is 9.43. The molecule has 19 heavy (non-hydrogen) atoms. The molecule has 2 aromatic rings. The molecular formula is C15H17O2S2+. The van der Waals surface area contributed by atoms with Crippen molar-refractivity contribution in [1.29, 1.82) is 0 Å². The van der Waals surface area contributed by atoms with E-state index in [0.29, 0.717) is 0 Å². The Morgan fingerprint density at radius 3 is 2.42 bits per heavy atom. The molecule has 0 N–H and O–H groups in total. The molecule has 4 heteroatoms. The lowest BCUT2D eigenvalue weighted by Gasteiger charge is -2.15. The lowest BCUT2D eigenvalue weighted by atomic mass is 10.1. The molecule has 2 aromatic carbocycles. The highest BCUT2D eigenvalue weighted by atomic mass is 32.2. The third kappa shape index (κ3) is 2.51. The smallest absolute Gasteiger partial charge is 0.163 e. The number of hydrogen-bond donors (Lipinski definition) is 0. The van der Waals surface area contributed by atoms with Gasteiger partial charge in [0.2, 0.25) is 0 Å². The van der Waals surface area contributed by atoms with Crippen molar-refractivity contribution in [3.05, 3.63) is 36.4 Å². The molecule has 3 rings (SSSR count). The number of hydrogen-bond acceptors (Lipinski definition) is 2. The fraction of sp³-hybridized carbons (Fsp3) is 0.333. The van der Waals surface area contributed by atoms with E-state index >= 15 is 0 Å². The Labute approximate surface area is 119 Å². The van der Waals surface area contributed by atoms with Crippen molar-refractivity contribution in [2.75, 3.05) is 30.1 Å². The molecule has 0 spiro atoms. The minimum atomic E-state index is -0.592. The van der Waals surface area contributed by atoms with Gasteiger partial charge in [0.05, 0.1) is 18.6 Å². The molecule has 2 nitrogen and oxygen atoms in total. The van der Waals surface area contributed by atoms with Crippen LogP contribution in [0.5, 0.6) is 5.75 Å². The fourth-order valence-electron chi connectivity index (χ4n) is 2.48. The summed E-state index contributed by atoms with van der Waals surface area (Å²) in [7, 11) is 1.36. The van der Waals surface area contributed by atoms with Crippen LogP contribution in [0.1, 0.15) is 0 Å². The van der Waals surface area contributed by atoms with E-state index in [0.717, 1.165) is 28.8 Å². The van der Waals surface area contributed by atoms with Crippen molar-refractivity contribution in [2.45, 2.75) is 4.90 Å². The first-order chi connectivity index (χ1) is 9.29. The molecule has 0 saturated carbocycles. The lowest BCUT2D eigenvalue weighted by molar-refractivity contribution is 0.419. The topological polar surface area (TPSA) is 26.3 Å². The van der Waals surface area contributed by atoms with Gasteiger partial charge in [-0.1, -0.05) is 18.2 Å². The van der Waals surface area contributed by atoms with Gasteiger partial charge in [-0.05, 0) is 18.2 Å². The van der Waals surface area contributed by atoms with Gasteiger partial charge in [-0.3, -0.25) is 4.21 Å². The number of fused-ring (bicyclic) bond motifs is 1. The number of ether oxygens (including phenoxy) is 1. The number of benzene rings is 2. The normalized spacial score (nSPS) is 23.4.